The summed E-state index contributed by atoms with van der Waals surface area (Å²) in [5, 5.41) is 0. The maximum absolute atomic E-state index is 4.81. The van der Waals surface area contributed by atoms with Gasteiger partial charge in [-0.15, -0.1) is 0 Å². The molecular weight excluding hydrogens is 272 g/mol. The molecule has 0 atom stereocenters. The van der Waals surface area contributed by atoms with Gasteiger partial charge in [-0.2, -0.15) is 0 Å². The van der Waals surface area contributed by atoms with Gasteiger partial charge in [-0.1, -0.05) is 29.8 Å². The van der Waals surface area contributed by atoms with Crippen molar-refractivity contribution < 1.29 is 0 Å². The SMILES string of the molecule is Cc1ccc(-c2nc3cc4nc(C)n(C)c4cc3n2C)cc1. The van der Waals surface area contributed by atoms with Crippen molar-refractivity contribution in [2.45, 2.75) is 13.8 Å². The molecule has 0 saturated carbocycles. The van der Waals surface area contributed by atoms with Crippen molar-refractivity contribution in [3.8, 4) is 11.4 Å². The zero-order valence-corrected chi connectivity index (χ0v) is 13.3. The molecule has 0 bridgehead atoms. The number of imidazole rings is 2. The van der Waals surface area contributed by atoms with Crippen LogP contribution in [0.15, 0.2) is 36.4 Å². The minimum atomic E-state index is 0.988. The molecule has 0 radical (unpaired) electrons. The molecule has 0 saturated heterocycles. The van der Waals surface area contributed by atoms with Gasteiger partial charge in [-0.05, 0) is 26.0 Å². The summed E-state index contributed by atoms with van der Waals surface area (Å²) in [5.41, 5.74) is 6.66. The lowest BCUT2D eigenvalue weighted by Gasteiger charge is -2.03. The molecule has 4 rings (SSSR count). The molecule has 2 aromatic heterocycles. The molecule has 0 spiro atoms. The largest absolute Gasteiger partial charge is 0.331 e. The van der Waals surface area contributed by atoms with E-state index in [9.17, 15) is 0 Å². The lowest BCUT2D eigenvalue weighted by atomic mass is 10.1. The summed E-state index contributed by atoms with van der Waals surface area (Å²) in [5.74, 6) is 2.01. The normalized spacial score (nSPS) is 11.6. The molecule has 2 aromatic carbocycles. The standard InChI is InChI=1S/C18H18N4/c1-11-5-7-13(8-6-11)18-20-15-9-14-16(10-17(15)22(18)4)21(3)12(2)19-14/h5-10H,1-4H3. The van der Waals surface area contributed by atoms with E-state index in [-0.39, 0.29) is 0 Å². The summed E-state index contributed by atoms with van der Waals surface area (Å²) in [7, 11) is 4.12. The Hall–Kier alpha value is -2.62. The van der Waals surface area contributed by atoms with Gasteiger partial charge in [0.2, 0.25) is 0 Å². The predicted molar refractivity (Wildman–Crippen MR) is 89.9 cm³/mol. The molecule has 110 valence electrons. The Balaban J connectivity index is 2.00. The second kappa shape index (κ2) is 4.44. The fourth-order valence-corrected chi connectivity index (χ4v) is 2.96. The highest BCUT2D eigenvalue weighted by molar-refractivity contribution is 5.93. The van der Waals surface area contributed by atoms with E-state index in [1.54, 1.807) is 0 Å². The second-order valence-corrected chi connectivity index (χ2v) is 5.91. The predicted octanol–water partition coefficient (Wildman–Crippen LogP) is 3.74. The van der Waals surface area contributed by atoms with Crippen LogP contribution in [0.3, 0.4) is 0 Å². The molecule has 2 heterocycles. The first-order valence-corrected chi connectivity index (χ1v) is 7.41. The molecule has 0 fully saturated rings. The fourth-order valence-electron chi connectivity index (χ4n) is 2.96. The van der Waals surface area contributed by atoms with Crippen LogP contribution in [0.1, 0.15) is 11.4 Å². The van der Waals surface area contributed by atoms with Crippen LogP contribution in [0, 0.1) is 13.8 Å². The van der Waals surface area contributed by atoms with Crippen molar-refractivity contribution >= 4 is 22.1 Å². The zero-order chi connectivity index (χ0) is 15.4. The maximum atomic E-state index is 4.81. The van der Waals surface area contributed by atoms with E-state index < -0.39 is 0 Å². The molecule has 0 unspecified atom stereocenters. The number of aryl methyl sites for hydroxylation is 4. The lowest BCUT2D eigenvalue weighted by Crippen LogP contribution is -1.93. The van der Waals surface area contributed by atoms with Crippen LogP contribution in [0.5, 0.6) is 0 Å². The number of nitrogens with zero attached hydrogens (tertiary/aromatic N) is 4. The molecule has 0 aliphatic rings. The Bertz CT molecular complexity index is 1000. The number of hydrogen-bond donors (Lipinski definition) is 0. The van der Waals surface area contributed by atoms with Gasteiger partial charge in [-0.3, -0.25) is 0 Å². The Kier molecular flexibility index (Phi) is 2.64. The average molecular weight is 290 g/mol. The van der Waals surface area contributed by atoms with E-state index in [0.717, 1.165) is 39.3 Å². The minimum absolute atomic E-state index is 0.988. The third kappa shape index (κ3) is 1.77. The number of rotatable bonds is 1. The zero-order valence-electron chi connectivity index (χ0n) is 13.3. The van der Waals surface area contributed by atoms with Crippen LogP contribution in [0.25, 0.3) is 33.5 Å². The summed E-state index contributed by atoms with van der Waals surface area (Å²) < 4.78 is 4.27. The van der Waals surface area contributed by atoms with Crippen molar-refractivity contribution in [2.75, 3.05) is 0 Å². The Morgan fingerprint density at radius 3 is 2.14 bits per heavy atom. The highest BCUT2D eigenvalue weighted by Crippen LogP contribution is 2.27. The van der Waals surface area contributed by atoms with Crippen LogP contribution >= 0.6 is 0 Å². The van der Waals surface area contributed by atoms with Crippen molar-refractivity contribution in [3.05, 3.63) is 47.8 Å². The maximum Gasteiger partial charge on any atom is 0.140 e. The Morgan fingerprint density at radius 2 is 1.41 bits per heavy atom. The molecule has 0 aliphatic heterocycles. The lowest BCUT2D eigenvalue weighted by molar-refractivity contribution is 0.885. The van der Waals surface area contributed by atoms with E-state index in [1.807, 2.05) is 14.0 Å². The quantitative estimate of drug-likeness (QED) is 0.535. The second-order valence-electron chi connectivity index (χ2n) is 5.91. The molecule has 0 aliphatic carbocycles. The van der Waals surface area contributed by atoms with Gasteiger partial charge >= 0.3 is 0 Å². The van der Waals surface area contributed by atoms with Crippen molar-refractivity contribution in [1.82, 2.24) is 19.1 Å². The van der Waals surface area contributed by atoms with Crippen LogP contribution in [0.2, 0.25) is 0 Å². The molecule has 22 heavy (non-hydrogen) atoms. The number of aromatic nitrogens is 4. The number of benzene rings is 2. The van der Waals surface area contributed by atoms with Crippen LogP contribution < -0.4 is 0 Å². The molecule has 0 N–H and O–H groups in total. The van der Waals surface area contributed by atoms with E-state index in [2.05, 4.69) is 64.5 Å². The highest BCUT2D eigenvalue weighted by atomic mass is 15.1. The first-order chi connectivity index (χ1) is 10.5. The number of fused-ring (bicyclic) bond motifs is 2. The summed E-state index contributed by atoms with van der Waals surface area (Å²) in [6.45, 7) is 4.12. The van der Waals surface area contributed by atoms with Crippen LogP contribution in [0.4, 0.5) is 0 Å². The molecule has 4 heteroatoms. The van der Waals surface area contributed by atoms with E-state index in [0.29, 0.717) is 0 Å². The first-order valence-electron chi connectivity index (χ1n) is 7.41. The van der Waals surface area contributed by atoms with Gasteiger partial charge in [-0.25, -0.2) is 9.97 Å². The third-order valence-corrected chi connectivity index (χ3v) is 4.42. The first kappa shape index (κ1) is 13.1. The summed E-state index contributed by atoms with van der Waals surface area (Å²) >= 11 is 0. The number of hydrogen-bond acceptors (Lipinski definition) is 2. The molecule has 4 nitrogen and oxygen atoms in total. The van der Waals surface area contributed by atoms with E-state index >= 15 is 0 Å². The van der Waals surface area contributed by atoms with Gasteiger partial charge in [0, 0.05) is 19.7 Å². The summed E-state index contributed by atoms with van der Waals surface area (Å²) in [6, 6.07) is 12.7. The van der Waals surface area contributed by atoms with Crippen LogP contribution in [-0.4, -0.2) is 19.1 Å². The smallest absolute Gasteiger partial charge is 0.140 e. The average Bonchev–Trinajstić information content (AvgIpc) is 2.96. The van der Waals surface area contributed by atoms with Gasteiger partial charge in [0.05, 0.1) is 22.1 Å². The fraction of sp³-hybridized carbons (Fsp3) is 0.222. The Labute approximate surface area is 129 Å². The monoisotopic (exact) mass is 290 g/mol. The summed E-state index contributed by atoms with van der Waals surface area (Å²) in [6.07, 6.45) is 0. The van der Waals surface area contributed by atoms with Gasteiger partial charge in [0.15, 0.2) is 0 Å². The van der Waals surface area contributed by atoms with Gasteiger partial charge in [0.1, 0.15) is 11.6 Å². The van der Waals surface area contributed by atoms with Crippen LogP contribution in [-0.2, 0) is 14.1 Å². The highest BCUT2D eigenvalue weighted by Gasteiger charge is 2.13. The van der Waals surface area contributed by atoms with E-state index in [4.69, 9.17) is 4.98 Å². The van der Waals surface area contributed by atoms with E-state index in [1.165, 1.54) is 5.56 Å². The topological polar surface area (TPSA) is 35.6 Å². The van der Waals surface area contributed by atoms with Crippen molar-refractivity contribution in [2.24, 2.45) is 14.1 Å². The van der Waals surface area contributed by atoms with Gasteiger partial charge < -0.3 is 9.13 Å². The molecular formula is C18H18N4. The third-order valence-electron chi connectivity index (χ3n) is 4.42. The summed E-state index contributed by atoms with van der Waals surface area (Å²) in [4.78, 5) is 9.41. The van der Waals surface area contributed by atoms with Crippen molar-refractivity contribution in [1.29, 1.82) is 0 Å². The van der Waals surface area contributed by atoms with Gasteiger partial charge in [0.25, 0.3) is 0 Å². The molecule has 4 aromatic rings. The van der Waals surface area contributed by atoms with Crippen molar-refractivity contribution in [3.63, 3.8) is 0 Å². The minimum Gasteiger partial charge on any atom is -0.331 e. The Morgan fingerprint density at radius 1 is 0.773 bits per heavy atom. The molecule has 0 amide bonds.